The van der Waals surface area contributed by atoms with E-state index in [1.54, 1.807) is 36.4 Å². The predicted molar refractivity (Wildman–Crippen MR) is 103 cm³/mol. The molecule has 4 nitrogen and oxygen atoms in total. The highest BCUT2D eigenvalue weighted by molar-refractivity contribution is 7.34. The fourth-order valence-electron chi connectivity index (χ4n) is 2.69. The van der Waals surface area contributed by atoms with Gasteiger partial charge in [-0.25, -0.2) is 4.57 Å². The van der Waals surface area contributed by atoms with Crippen LogP contribution in [0.1, 0.15) is 25.0 Å². The normalized spacial score (nSPS) is 12.4. The number of para-hydroxylation sites is 1. The Hall–Kier alpha value is -2.71. The monoisotopic (exact) mass is 368 g/mol. The SMILES string of the molecule is CC(C)(c1ccc(O)cc1)c1ccc(O[PH](=O)Oc2ccccc2)cc1. The van der Waals surface area contributed by atoms with Crippen molar-refractivity contribution in [2.24, 2.45) is 0 Å². The van der Waals surface area contributed by atoms with Crippen LogP contribution in [0.5, 0.6) is 17.2 Å². The molecule has 3 aromatic carbocycles. The van der Waals surface area contributed by atoms with Gasteiger partial charge in [0.25, 0.3) is 0 Å². The molecule has 26 heavy (non-hydrogen) atoms. The van der Waals surface area contributed by atoms with Gasteiger partial charge in [-0.2, -0.15) is 0 Å². The molecule has 0 radical (unpaired) electrons. The molecular weight excluding hydrogens is 347 g/mol. The van der Waals surface area contributed by atoms with Crippen LogP contribution in [0.2, 0.25) is 0 Å². The Morgan fingerprint density at radius 1 is 0.731 bits per heavy atom. The molecule has 0 fully saturated rings. The summed E-state index contributed by atoms with van der Waals surface area (Å²) in [7, 11) is -2.68. The topological polar surface area (TPSA) is 55.8 Å². The quantitative estimate of drug-likeness (QED) is 0.578. The minimum atomic E-state index is -2.68. The molecule has 0 bridgehead atoms. The second-order valence-electron chi connectivity index (χ2n) is 6.46. The van der Waals surface area contributed by atoms with Crippen LogP contribution in [0.15, 0.2) is 78.9 Å². The van der Waals surface area contributed by atoms with Crippen molar-refractivity contribution in [2.75, 3.05) is 0 Å². The molecule has 134 valence electrons. The molecule has 1 unspecified atom stereocenters. The standard InChI is InChI=1S/C21H21O4P/c1-21(2,16-8-12-18(22)13-9-16)17-10-14-20(15-11-17)25-26(23)24-19-6-4-3-5-7-19/h3-15,22,26H,1-2H3. The molecule has 0 aliphatic heterocycles. The van der Waals surface area contributed by atoms with E-state index in [1.807, 2.05) is 42.5 Å². The summed E-state index contributed by atoms with van der Waals surface area (Å²) in [6, 6.07) is 23.6. The Balaban J connectivity index is 1.69. The number of hydrogen-bond acceptors (Lipinski definition) is 4. The predicted octanol–water partition coefficient (Wildman–Crippen LogP) is 5.57. The van der Waals surface area contributed by atoms with Gasteiger partial charge in [-0.15, -0.1) is 0 Å². The first kappa shape index (κ1) is 18.1. The van der Waals surface area contributed by atoms with E-state index in [4.69, 9.17) is 9.05 Å². The average molecular weight is 368 g/mol. The van der Waals surface area contributed by atoms with Gasteiger partial charge in [-0.3, -0.25) is 0 Å². The maximum absolute atomic E-state index is 12.0. The molecule has 0 aliphatic rings. The van der Waals surface area contributed by atoms with Gasteiger partial charge in [0.1, 0.15) is 17.2 Å². The molecule has 1 atom stereocenters. The molecule has 3 aromatic rings. The lowest BCUT2D eigenvalue weighted by Crippen LogP contribution is -2.18. The second kappa shape index (κ2) is 7.67. The molecule has 0 amide bonds. The maximum atomic E-state index is 12.0. The van der Waals surface area contributed by atoms with E-state index in [9.17, 15) is 9.67 Å². The molecule has 0 saturated carbocycles. The van der Waals surface area contributed by atoms with Gasteiger partial charge < -0.3 is 14.2 Å². The summed E-state index contributed by atoms with van der Waals surface area (Å²) >= 11 is 0. The van der Waals surface area contributed by atoms with Gasteiger partial charge in [0.2, 0.25) is 0 Å². The first-order valence-electron chi connectivity index (χ1n) is 8.30. The first-order valence-corrected chi connectivity index (χ1v) is 9.52. The van der Waals surface area contributed by atoms with Crippen LogP contribution in [0.3, 0.4) is 0 Å². The molecule has 0 saturated heterocycles. The maximum Gasteiger partial charge on any atom is 0.418 e. The summed E-state index contributed by atoms with van der Waals surface area (Å²) in [4.78, 5) is 0. The summed E-state index contributed by atoms with van der Waals surface area (Å²) in [5.74, 6) is 1.26. The van der Waals surface area contributed by atoms with Crippen LogP contribution >= 0.6 is 8.25 Å². The van der Waals surface area contributed by atoms with E-state index in [2.05, 4.69) is 13.8 Å². The van der Waals surface area contributed by atoms with Gasteiger partial charge >= 0.3 is 8.25 Å². The Bertz CT molecular complexity index is 872. The van der Waals surface area contributed by atoms with E-state index < -0.39 is 8.25 Å². The Kier molecular flexibility index (Phi) is 5.34. The minimum absolute atomic E-state index is 0.238. The zero-order valence-corrected chi connectivity index (χ0v) is 15.7. The summed E-state index contributed by atoms with van der Waals surface area (Å²) in [5.41, 5.74) is 1.93. The molecule has 3 rings (SSSR count). The lowest BCUT2D eigenvalue weighted by atomic mass is 9.78. The van der Waals surface area contributed by atoms with Crippen molar-refractivity contribution >= 4 is 8.25 Å². The minimum Gasteiger partial charge on any atom is -0.508 e. The molecule has 0 aliphatic carbocycles. The largest absolute Gasteiger partial charge is 0.508 e. The van der Waals surface area contributed by atoms with E-state index in [0.717, 1.165) is 11.1 Å². The molecule has 0 aromatic heterocycles. The van der Waals surface area contributed by atoms with Crippen LogP contribution in [0.4, 0.5) is 0 Å². The van der Waals surface area contributed by atoms with Crippen molar-refractivity contribution in [1.29, 1.82) is 0 Å². The third-order valence-electron chi connectivity index (χ3n) is 4.31. The summed E-state index contributed by atoms with van der Waals surface area (Å²) in [6.45, 7) is 4.22. The number of rotatable bonds is 6. The summed E-state index contributed by atoms with van der Waals surface area (Å²) in [6.07, 6.45) is 0. The molecule has 1 N–H and O–H groups in total. The third kappa shape index (κ3) is 4.27. The highest BCUT2D eigenvalue weighted by Crippen LogP contribution is 2.35. The molecule has 5 heteroatoms. The zero-order valence-electron chi connectivity index (χ0n) is 14.7. The van der Waals surface area contributed by atoms with Crippen molar-refractivity contribution in [3.8, 4) is 17.2 Å². The van der Waals surface area contributed by atoms with Crippen LogP contribution in [0, 0.1) is 0 Å². The van der Waals surface area contributed by atoms with Gasteiger partial charge in [0.05, 0.1) is 0 Å². The van der Waals surface area contributed by atoms with Crippen molar-refractivity contribution in [3.05, 3.63) is 90.0 Å². The number of phenols is 1. The van der Waals surface area contributed by atoms with E-state index in [1.165, 1.54) is 0 Å². The third-order valence-corrected chi connectivity index (χ3v) is 5.12. The summed E-state index contributed by atoms with van der Waals surface area (Å²) in [5, 5.41) is 9.46. The number of benzene rings is 3. The molecule has 0 heterocycles. The molecular formula is C21H21O4P. The highest BCUT2D eigenvalue weighted by atomic mass is 31.1. The van der Waals surface area contributed by atoms with Gasteiger partial charge in [-0.1, -0.05) is 56.3 Å². The fourth-order valence-corrected chi connectivity index (χ4v) is 3.38. The summed E-state index contributed by atoms with van der Waals surface area (Å²) < 4.78 is 22.7. The van der Waals surface area contributed by atoms with Crippen molar-refractivity contribution in [2.45, 2.75) is 19.3 Å². The van der Waals surface area contributed by atoms with Crippen molar-refractivity contribution in [1.82, 2.24) is 0 Å². The van der Waals surface area contributed by atoms with E-state index in [-0.39, 0.29) is 11.2 Å². The zero-order chi connectivity index (χ0) is 18.6. The lowest BCUT2D eigenvalue weighted by molar-refractivity contribution is 0.415. The Labute approximate surface area is 154 Å². The average Bonchev–Trinajstić information content (AvgIpc) is 2.63. The van der Waals surface area contributed by atoms with Gasteiger partial charge in [0, 0.05) is 5.41 Å². The van der Waals surface area contributed by atoms with E-state index in [0.29, 0.717) is 11.5 Å². The van der Waals surface area contributed by atoms with Crippen molar-refractivity contribution in [3.63, 3.8) is 0 Å². The first-order chi connectivity index (χ1) is 12.4. The van der Waals surface area contributed by atoms with Crippen LogP contribution in [-0.4, -0.2) is 5.11 Å². The highest BCUT2D eigenvalue weighted by Gasteiger charge is 2.23. The van der Waals surface area contributed by atoms with Crippen LogP contribution < -0.4 is 9.05 Å². The fraction of sp³-hybridized carbons (Fsp3) is 0.143. The number of hydrogen-bond donors (Lipinski definition) is 1. The van der Waals surface area contributed by atoms with Gasteiger partial charge in [0.15, 0.2) is 0 Å². The van der Waals surface area contributed by atoms with Crippen molar-refractivity contribution < 1.29 is 18.7 Å². The molecule has 0 spiro atoms. The van der Waals surface area contributed by atoms with Crippen LogP contribution in [0.25, 0.3) is 0 Å². The van der Waals surface area contributed by atoms with Crippen LogP contribution in [-0.2, 0) is 9.98 Å². The smallest absolute Gasteiger partial charge is 0.418 e. The van der Waals surface area contributed by atoms with E-state index >= 15 is 0 Å². The number of aromatic hydroxyl groups is 1. The Morgan fingerprint density at radius 2 is 1.19 bits per heavy atom. The second-order valence-corrected chi connectivity index (χ2v) is 7.37. The van der Waals surface area contributed by atoms with Gasteiger partial charge in [-0.05, 0) is 47.5 Å². The Morgan fingerprint density at radius 3 is 1.73 bits per heavy atom. The number of phenolic OH excluding ortho intramolecular Hbond substituents is 1. The lowest BCUT2D eigenvalue weighted by Gasteiger charge is -2.26.